The highest BCUT2D eigenvalue weighted by Gasteiger charge is 2.43. The van der Waals surface area contributed by atoms with Crippen LogP contribution in [0.15, 0.2) is 41.4 Å². The van der Waals surface area contributed by atoms with Crippen molar-refractivity contribution in [3.05, 3.63) is 47.9 Å². The van der Waals surface area contributed by atoms with Crippen LogP contribution in [-0.2, 0) is 20.8 Å². The van der Waals surface area contributed by atoms with Gasteiger partial charge in [-0.05, 0) is 69.9 Å². The lowest BCUT2D eigenvalue weighted by molar-refractivity contribution is -0.140. The Kier molecular flexibility index (Phi) is 6.69. The first kappa shape index (κ1) is 26.2. The number of hydrogen-bond donors (Lipinski definition) is 1. The molecule has 1 amide bonds. The fraction of sp³-hybridized carbons (Fsp3) is 0.500. The van der Waals surface area contributed by atoms with Gasteiger partial charge in [0.2, 0.25) is 0 Å². The molecule has 36 heavy (non-hydrogen) atoms. The van der Waals surface area contributed by atoms with E-state index < -0.39 is 38.9 Å². The average molecular weight is 530 g/mol. The molecule has 2 bridgehead atoms. The topological polar surface area (TPSA) is 88.6 Å². The largest absolute Gasteiger partial charge is 0.478 e. The van der Waals surface area contributed by atoms with Crippen molar-refractivity contribution in [1.29, 1.82) is 0 Å². The van der Waals surface area contributed by atoms with E-state index in [2.05, 4.69) is 15.2 Å². The van der Waals surface area contributed by atoms with Gasteiger partial charge in [-0.1, -0.05) is 0 Å². The van der Waals surface area contributed by atoms with Crippen molar-refractivity contribution in [3.63, 3.8) is 0 Å². The van der Waals surface area contributed by atoms with Gasteiger partial charge < -0.3 is 15.0 Å². The van der Waals surface area contributed by atoms with Gasteiger partial charge in [-0.15, -0.1) is 0 Å². The molecule has 7 nitrogen and oxygen atoms in total. The number of fused-ring (bicyclic) bond motifs is 2. The SMILES string of the molecule is CC(C)(Oc1ccc(F)c(C(F)(F)F)c1)C(=O)NC1C[C@H]2CC[C@@H](C1)N2c1ccc(S(C)(=O)=O)cn1. The maximum Gasteiger partial charge on any atom is 0.419 e. The zero-order valence-corrected chi connectivity index (χ0v) is 20.8. The van der Waals surface area contributed by atoms with E-state index in [1.54, 1.807) is 6.07 Å². The zero-order valence-electron chi connectivity index (χ0n) is 20.0. The minimum atomic E-state index is -4.89. The molecule has 1 aromatic heterocycles. The summed E-state index contributed by atoms with van der Waals surface area (Å²) < 4.78 is 81.6. The van der Waals surface area contributed by atoms with Gasteiger partial charge in [0, 0.05) is 30.6 Å². The fourth-order valence-electron chi connectivity index (χ4n) is 4.90. The van der Waals surface area contributed by atoms with Crippen molar-refractivity contribution in [2.75, 3.05) is 11.2 Å². The molecule has 2 aromatic rings. The number of anilines is 1. The quantitative estimate of drug-likeness (QED) is 0.567. The number of ether oxygens (including phenoxy) is 1. The Morgan fingerprint density at radius 3 is 2.28 bits per heavy atom. The molecular formula is C24H27F4N3O4S. The van der Waals surface area contributed by atoms with E-state index in [1.165, 1.54) is 26.1 Å². The number of amides is 1. The number of alkyl halides is 3. The summed E-state index contributed by atoms with van der Waals surface area (Å²) in [7, 11) is -3.35. The number of sulfone groups is 1. The molecule has 0 saturated carbocycles. The van der Waals surface area contributed by atoms with Crippen LogP contribution < -0.4 is 15.0 Å². The number of halogens is 4. The molecule has 196 valence electrons. The first-order valence-electron chi connectivity index (χ1n) is 11.5. The summed E-state index contributed by atoms with van der Waals surface area (Å²) >= 11 is 0. The second kappa shape index (κ2) is 9.20. The average Bonchev–Trinajstić information content (AvgIpc) is 3.04. The molecule has 2 aliphatic heterocycles. The summed E-state index contributed by atoms with van der Waals surface area (Å²) in [5, 5.41) is 2.95. The van der Waals surface area contributed by atoms with E-state index in [4.69, 9.17) is 4.74 Å². The highest BCUT2D eigenvalue weighted by atomic mass is 32.2. The Labute approximate surface area is 206 Å². The Balaban J connectivity index is 1.41. The highest BCUT2D eigenvalue weighted by molar-refractivity contribution is 7.90. The van der Waals surface area contributed by atoms with Crippen LogP contribution in [0.2, 0.25) is 0 Å². The Morgan fingerprint density at radius 1 is 1.11 bits per heavy atom. The molecule has 12 heteroatoms. The number of carbonyl (C=O) groups excluding carboxylic acids is 1. The molecule has 4 rings (SSSR count). The van der Waals surface area contributed by atoms with Gasteiger partial charge in [0.15, 0.2) is 15.4 Å². The highest BCUT2D eigenvalue weighted by Crippen LogP contribution is 2.39. The molecule has 2 saturated heterocycles. The Morgan fingerprint density at radius 2 is 1.75 bits per heavy atom. The van der Waals surface area contributed by atoms with Crippen LogP contribution in [0.1, 0.15) is 45.1 Å². The molecule has 3 heterocycles. The van der Waals surface area contributed by atoms with Crippen molar-refractivity contribution in [1.82, 2.24) is 10.3 Å². The second-order valence-electron chi connectivity index (χ2n) is 9.81. The number of hydrogen-bond acceptors (Lipinski definition) is 6. The van der Waals surface area contributed by atoms with E-state index >= 15 is 0 Å². The summed E-state index contributed by atoms with van der Waals surface area (Å²) in [4.78, 5) is 19.6. The minimum absolute atomic E-state index is 0.0982. The Hall–Kier alpha value is -2.89. The maximum absolute atomic E-state index is 13.6. The summed E-state index contributed by atoms with van der Waals surface area (Å²) in [6.45, 7) is 2.88. The van der Waals surface area contributed by atoms with Gasteiger partial charge in [0.05, 0.1) is 10.5 Å². The van der Waals surface area contributed by atoms with E-state index in [0.29, 0.717) is 30.8 Å². The van der Waals surface area contributed by atoms with E-state index in [9.17, 15) is 30.8 Å². The van der Waals surface area contributed by atoms with Crippen molar-refractivity contribution >= 4 is 21.6 Å². The number of rotatable bonds is 6. The second-order valence-corrected chi connectivity index (χ2v) is 11.8. The zero-order chi connectivity index (χ0) is 26.5. The van der Waals surface area contributed by atoms with Gasteiger partial charge in [-0.3, -0.25) is 4.79 Å². The molecule has 1 aromatic carbocycles. The van der Waals surface area contributed by atoms with E-state index in [-0.39, 0.29) is 28.8 Å². The number of benzene rings is 1. The third-order valence-corrected chi connectivity index (χ3v) is 7.74. The number of pyridine rings is 1. The third kappa shape index (κ3) is 5.42. The van der Waals surface area contributed by atoms with Gasteiger partial charge in [-0.25, -0.2) is 17.8 Å². The number of carbonyl (C=O) groups is 1. The summed E-state index contributed by atoms with van der Waals surface area (Å²) in [5.74, 6) is -1.49. The van der Waals surface area contributed by atoms with Gasteiger partial charge >= 0.3 is 6.18 Å². The summed E-state index contributed by atoms with van der Waals surface area (Å²) in [5.41, 5.74) is -2.96. The first-order valence-corrected chi connectivity index (χ1v) is 13.4. The Bertz CT molecular complexity index is 1230. The molecule has 1 N–H and O–H groups in total. The van der Waals surface area contributed by atoms with Crippen LogP contribution in [0.25, 0.3) is 0 Å². The smallest absolute Gasteiger partial charge is 0.419 e. The molecule has 0 radical (unpaired) electrons. The first-order chi connectivity index (χ1) is 16.6. The molecule has 0 aliphatic carbocycles. The van der Waals surface area contributed by atoms with Gasteiger partial charge in [0.25, 0.3) is 5.91 Å². The molecule has 2 aliphatic rings. The van der Waals surface area contributed by atoms with Crippen LogP contribution in [-0.4, -0.2) is 49.3 Å². The lowest BCUT2D eigenvalue weighted by atomic mass is 9.96. The molecule has 3 atom stereocenters. The standard InChI is InChI=1S/C24H27F4N3O4S/c1-23(2,35-17-6-8-20(25)19(12-17)24(26,27)28)22(32)30-14-10-15-4-5-16(11-14)31(15)21-9-7-18(13-29-21)36(3,33)34/h6-9,12-16H,4-5,10-11H2,1-3H3,(H,30,32)/t14?,15-,16+. The van der Waals surface area contributed by atoms with E-state index in [1.807, 2.05) is 0 Å². The number of aromatic nitrogens is 1. The molecular weight excluding hydrogens is 502 g/mol. The minimum Gasteiger partial charge on any atom is -0.478 e. The van der Waals surface area contributed by atoms with Crippen molar-refractivity contribution in [3.8, 4) is 5.75 Å². The third-order valence-electron chi connectivity index (χ3n) is 6.64. The van der Waals surface area contributed by atoms with E-state index in [0.717, 1.165) is 25.2 Å². The summed E-state index contributed by atoms with van der Waals surface area (Å²) in [6.07, 6.45) is 0.619. The lowest BCUT2D eigenvalue weighted by Gasteiger charge is -2.40. The van der Waals surface area contributed by atoms with Gasteiger partial charge in [-0.2, -0.15) is 13.2 Å². The maximum atomic E-state index is 13.6. The summed E-state index contributed by atoms with van der Waals surface area (Å²) in [6, 6.07) is 5.51. The fourth-order valence-corrected chi connectivity index (χ4v) is 5.46. The number of piperidine rings is 1. The normalized spacial score (nSPS) is 22.4. The van der Waals surface area contributed by atoms with Crippen molar-refractivity contribution < 1.29 is 35.5 Å². The molecule has 2 fully saturated rings. The van der Waals surface area contributed by atoms with Crippen LogP contribution in [0.3, 0.4) is 0 Å². The molecule has 0 spiro atoms. The van der Waals surface area contributed by atoms with Gasteiger partial charge in [0.1, 0.15) is 17.4 Å². The predicted octanol–water partition coefficient (Wildman–Crippen LogP) is 4.12. The number of nitrogens with zero attached hydrogens (tertiary/aromatic N) is 2. The predicted molar refractivity (Wildman–Crippen MR) is 124 cm³/mol. The van der Waals surface area contributed by atoms with Crippen LogP contribution in [0.5, 0.6) is 5.75 Å². The van der Waals surface area contributed by atoms with Crippen molar-refractivity contribution in [2.45, 2.75) is 74.3 Å². The monoisotopic (exact) mass is 529 g/mol. The van der Waals surface area contributed by atoms with Crippen LogP contribution in [0.4, 0.5) is 23.4 Å². The molecule has 1 unspecified atom stereocenters. The number of nitrogens with one attached hydrogen (secondary N) is 1. The lowest BCUT2D eigenvalue weighted by Crippen LogP contribution is -2.55. The van der Waals surface area contributed by atoms with Crippen molar-refractivity contribution in [2.24, 2.45) is 0 Å². The van der Waals surface area contributed by atoms with Crippen LogP contribution >= 0.6 is 0 Å². The van der Waals surface area contributed by atoms with Crippen LogP contribution in [0, 0.1) is 5.82 Å².